The summed E-state index contributed by atoms with van der Waals surface area (Å²) in [4.78, 5) is 71.0. The number of hydrogen-bond acceptors (Lipinski definition) is 7. The van der Waals surface area contributed by atoms with Crippen LogP contribution in [0.3, 0.4) is 0 Å². The molecule has 4 aliphatic rings. The van der Waals surface area contributed by atoms with Gasteiger partial charge >= 0.3 is 6.09 Å². The molecule has 47 heavy (non-hydrogen) atoms. The molecule has 5 atom stereocenters. The van der Waals surface area contributed by atoms with Crippen molar-refractivity contribution in [3.63, 3.8) is 0 Å². The van der Waals surface area contributed by atoms with Crippen LogP contribution in [-0.4, -0.2) is 89.2 Å². The normalized spacial score (nSPS) is 25.0. The maximum absolute atomic E-state index is 14.5. The maximum Gasteiger partial charge on any atom is 0.408 e. The van der Waals surface area contributed by atoms with Crippen molar-refractivity contribution in [2.75, 3.05) is 18.0 Å². The van der Waals surface area contributed by atoms with Crippen LogP contribution in [0.25, 0.3) is 0 Å². The first-order valence-electron chi connectivity index (χ1n) is 17.2. The molecule has 0 radical (unpaired) electrons. The van der Waals surface area contributed by atoms with Crippen molar-refractivity contribution in [1.29, 1.82) is 0 Å². The Labute approximate surface area is 277 Å². The number of ether oxygens (including phenoxy) is 1. The second kappa shape index (κ2) is 14.2. The Hall–Kier alpha value is -3.67. The van der Waals surface area contributed by atoms with E-state index in [0.717, 1.165) is 44.2 Å². The lowest BCUT2D eigenvalue weighted by atomic mass is 9.84. The zero-order valence-electron chi connectivity index (χ0n) is 28.1. The molecule has 258 valence electrons. The largest absolute Gasteiger partial charge is 0.446 e. The van der Waals surface area contributed by atoms with Gasteiger partial charge in [0.15, 0.2) is 6.10 Å². The summed E-state index contributed by atoms with van der Waals surface area (Å²) < 4.78 is 5.64. The van der Waals surface area contributed by atoms with E-state index in [2.05, 4.69) is 16.0 Å². The van der Waals surface area contributed by atoms with E-state index < -0.39 is 58.9 Å². The lowest BCUT2D eigenvalue weighted by molar-refractivity contribution is -0.143. The van der Waals surface area contributed by atoms with Crippen molar-refractivity contribution in [2.24, 2.45) is 10.8 Å². The van der Waals surface area contributed by atoms with E-state index >= 15 is 0 Å². The number of anilines is 1. The molecule has 4 N–H and O–H groups in total. The van der Waals surface area contributed by atoms with Crippen LogP contribution >= 0.6 is 0 Å². The highest BCUT2D eigenvalue weighted by molar-refractivity contribution is 5.98. The number of aliphatic hydroxyl groups excluding tert-OH is 1. The van der Waals surface area contributed by atoms with Gasteiger partial charge in [0.05, 0.1) is 6.04 Å². The van der Waals surface area contributed by atoms with Gasteiger partial charge in [0, 0.05) is 36.7 Å². The molecule has 1 aromatic carbocycles. The molecule has 2 heterocycles. The second-order valence-electron chi connectivity index (χ2n) is 15.1. The van der Waals surface area contributed by atoms with Crippen molar-refractivity contribution in [2.45, 2.75) is 128 Å². The summed E-state index contributed by atoms with van der Waals surface area (Å²) in [5, 5.41) is 19.4. The summed E-state index contributed by atoms with van der Waals surface area (Å²) in [6.07, 6.45) is 4.29. The number of para-hydroxylation sites is 1. The van der Waals surface area contributed by atoms with Crippen LogP contribution in [0.2, 0.25) is 0 Å². The highest BCUT2D eigenvalue weighted by Gasteiger charge is 2.56. The number of amides is 5. The van der Waals surface area contributed by atoms with Crippen LogP contribution in [0.5, 0.6) is 0 Å². The number of aliphatic hydroxyl groups is 1. The molecule has 1 spiro atoms. The molecule has 0 aromatic heterocycles. The molecule has 12 heteroatoms. The van der Waals surface area contributed by atoms with E-state index in [1.165, 1.54) is 4.90 Å². The van der Waals surface area contributed by atoms with Crippen molar-refractivity contribution in [1.82, 2.24) is 20.9 Å². The van der Waals surface area contributed by atoms with Crippen LogP contribution in [0.1, 0.15) is 91.9 Å². The average Bonchev–Trinajstić information content (AvgIpc) is 3.39. The third-order valence-electron chi connectivity index (χ3n) is 9.93. The fourth-order valence-corrected chi connectivity index (χ4v) is 7.22. The minimum Gasteiger partial charge on any atom is -0.446 e. The Balaban J connectivity index is 1.40. The average molecular weight is 654 g/mol. The first kappa shape index (κ1) is 34.7. The number of hydrogen-bond donors (Lipinski definition) is 4. The molecule has 2 saturated carbocycles. The summed E-state index contributed by atoms with van der Waals surface area (Å²) in [6.45, 7) is 7.88. The molecule has 0 bridgehead atoms. The Morgan fingerprint density at radius 1 is 1.02 bits per heavy atom. The number of likely N-dealkylation sites (tertiary alicyclic amines) is 1. The lowest BCUT2D eigenvalue weighted by Gasteiger charge is -2.36. The Morgan fingerprint density at radius 3 is 2.32 bits per heavy atom. The van der Waals surface area contributed by atoms with Gasteiger partial charge in [-0.15, -0.1) is 0 Å². The SMILES string of the molecule is CCC[C@H](NC(=O)[C@@H]1C[C@]2(CC(=O)N(c3ccccc3)C2)CN1C(=O)[C@@H](NC(=O)OC1CCCC1)C(C)(C)C)C(O)C(=O)NC1CC1. The van der Waals surface area contributed by atoms with Gasteiger partial charge in [-0.2, -0.15) is 0 Å². The molecule has 2 aliphatic heterocycles. The van der Waals surface area contributed by atoms with Crippen LogP contribution < -0.4 is 20.9 Å². The number of nitrogens with one attached hydrogen (secondary N) is 3. The highest BCUT2D eigenvalue weighted by atomic mass is 16.6. The van der Waals surface area contributed by atoms with E-state index in [1.807, 2.05) is 58.0 Å². The van der Waals surface area contributed by atoms with Gasteiger partial charge < -0.3 is 35.6 Å². The number of alkyl carbamates (subject to hydrolysis) is 1. The number of benzene rings is 1. The van der Waals surface area contributed by atoms with Gasteiger partial charge in [0.1, 0.15) is 18.2 Å². The number of carbonyl (C=O) groups excluding carboxylic acids is 5. The molecule has 2 aliphatic carbocycles. The van der Waals surface area contributed by atoms with Crippen molar-refractivity contribution < 1.29 is 33.8 Å². The Morgan fingerprint density at radius 2 is 1.70 bits per heavy atom. The van der Waals surface area contributed by atoms with Gasteiger partial charge in [0.2, 0.25) is 17.7 Å². The zero-order chi connectivity index (χ0) is 33.9. The Kier molecular flexibility index (Phi) is 10.5. The number of nitrogens with zero attached hydrogens (tertiary/aromatic N) is 2. The Bertz CT molecular complexity index is 1320. The predicted octanol–water partition coefficient (Wildman–Crippen LogP) is 3.02. The quantitative estimate of drug-likeness (QED) is 0.286. The molecule has 12 nitrogen and oxygen atoms in total. The minimum absolute atomic E-state index is 0.0487. The molecule has 2 saturated heterocycles. The summed E-state index contributed by atoms with van der Waals surface area (Å²) in [6, 6.07) is 6.51. The van der Waals surface area contributed by atoms with Crippen LogP contribution in [0.15, 0.2) is 30.3 Å². The van der Waals surface area contributed by atoms with E-state index in [0.29, 0.717) is 19.4 Å². The summed E-state index contributed by atoms with van der Waals surface area (Å²) in [5.41, 5.74) is -0.692. The first-order valence-corrected chi connectivity index (χ1v) is 17.2. The zero-order valence-corrected chi connectivity index (χ0v) is 28.1. The minimum atomic E-state index is -1.45. The van der Waals surface area contributed by atoms with Crippen molar-refractivity contribution in [3.8, 4) is 0 Å². The van der Waals surface area contributed by atoms with E-state index in [-0.39, 0.29) is 37.4 Å². The van der Waals surface area contributed by atoms with E-state index in [9.17, 15) is 29.1 Å². The molecule has 1 unspecified atom stereocenters. The maximum atomic E-state index is 14.5. The van der Waals surface area contributed by atoms with Gasteiger partial charge in [0.25, 0.3) is 5.91 Å². The van der Waals surface area contributed by atoms with Crippen LogP contribution in [-0.2, 0) is 23.9 Å². The van der Waals surface area contributed by atoms with E-state index in [1.54, 1.807) is 4.90 Å². The summed E-state index contributed by atoms with van der Waals surface area (Å²) >= 11 is 0. The lowest BCUT2D eigenvalue weighted by Crippen LogP contribution is -2.59. The van der Waals surface area contributed by atoms with Gasteiger partial charge in [-0.25, -0.2) is 4.79 Å². The predicted molar refractivity (Wildman–Crippen MR) is 175 cm³/mol. The molecular weight excluding hydrogens is 602 g/mol. The van der Waals surface area contributed by atoms with E-state index in [4.69, 9.17) is 4.74 Å². The van der Waals surface area contributed by atoms with Crippen molar-refractivity contribution in [3.05, 3.63) is 30.3 Å². The first-order chi connectivity index (χ1) is 22.3. The third-order valence-corrected chi connectivity index (χ3v) is 9.93. The molecule has 5 rings (SSSR count). The molecule has 1 aromatic rings. The third kappa shape index (κ3) is 8.25. The smallest absolute Gasteiger partial charge is 0.408 e. The van der Waals surface area contributed by atoms with Gasteiger partial charge in [-0.3, -0.25) is 19.2 Å². The standard InChI is InChI=1S/C35H51N5O7/c1-5-11-25(28(42)31(44)36-22-16-17-22)37-30(43)26-18-35(19-27(41)39(20-35)23-12-7-6-8-13-23)21-40(26)32(45)29(34(2,3)4)38-33(46)47-24-14-9-10-15-24/h6-8,12-13,22,24-26,28-29,42H,5,9-11,14-21H2,1-4H3,(H,36,44)(H,37,43)(H,38,46)/t25-,26-,28?,29+,35+/m0/s1. The summed E-state index contributed by atoms with van der Waals surface area (Å²) in [5.74, 6) is -1.56. The molecular formula is C35H51N5O7. The van der Waals surface area contributed by atoms with Gasteiger partial charge in [-0.1, -0.05) is 52.3 Å². The highest BCUT2D eigenvalue weighted by Crippen LogP contribution is 2.45. The van der Waals surface area contributed by atoms with Crippen LogP contribution in [0.4, 0.5) is 10.5 Å². The van der Waals surface area contributed by atoms with Crippen molar-refractivity contribution >= 4 is 35.4 Å². The summed E-state index contributed by atoms with van der Waals surface area (Å²) in [7, 11) is 0. The van der Waals surface area contributed by atoms with Gasteiger partial charge in [-0.05, 0) is 68.9 Å². The monoisotopic (exact) mass is 653 g/mol. The molecule has 5 amide bonds. The van der Waals surface area contributed by atoms with Crippen LogP contribution in [0, 0.1) is 10.8 Å². The fraction of sp³-hybridized carbons (Fsp3) is 0.686. The molecule has 4 fully saturated rings. The topological polar surface area (TPSA) is 157 Å². The number of rotatable bonds is 11. The number of carbonyl (C=O) groups is 5. The fourth-order valence-electron chi connectivity index (χ4n) is 7.22. The second-order valence-corrected chi connectivity index (χ2v) is 15.1.